The third kappa shape index (κ3) is 5.66. The van der Waals surface area contributed by atoms with Crippen molar-refractivity contribution in [2.24, 2.45) is 0 Å². The average Bonchev–Trinajstić information content (AvgIpc) is 2.89. The molecular weight excluding hydrogens is 472 g/mol. The van der Waals surface area contributed by atoms with Crippen LogP contribution in [-0.2, 0) is 6.54 Å². The van der Waals surface area contributed by atoms with Crippen LogP contribution in [0.4, 0.5) is 0 Å². The van der Waals surface area contributed by atoms with Gasteiger partial charge in [0.1, 0.15) is 5.82 Å². The number of amides is 1. The van der Waals surface area contributed by atoms with Gasteiger partial charge >= 0.3 is 0 Å². The zero-order chi connectivity index (χ0) is 25.7. The highest BCUT2D eigenvalue weighted by Gasteiger charge is 2.29. The zero-order valence-electron chi connectivity index (χ0n) is 20.9. The summed E-state index contributed by atoms with van der Waals surface area (Å²) in [5, 5.41) is 1.14. The Balaban J connectivity index is 1.87. The molecule has 0 fully saturated rings. The first kappa shape index (κ1) is 25.6. The second-order valence-electron chi connectivity index (χ2n) is 9.10. The van der Waals surface area contributed by atoms with Crippen LogP contribution in [0.25, 0.3) is 10.9 Å². The van der Waals surface area contributed by atoms with Gasteiger partial charge in [0.15, 0.2) is 0 Å². The Labute approximate surface area is 216 Å². The van der Waals surface area contributed by atoms with E-state index in [1.54, 1.807) is 34.9 Å². The molecule has 0 aliphatic carbocycles. The van der Waals surface area contributed by atoms with Crippen LogP contribution < -0.4 is 5.56 Å². The van der Waals surface area contributed by atoms with E-state index in [9.17, 15) is 9.59 Å². The molecule has 1 heterocycles. The molecule has 1 amide bonds. The van der Waals surface area contributed by atoms with Crippen LogP contribution in [0.3, 0.4) is 0 Å². The molecule has 7 heteroatoms. The molecule has 0 saturated carbocycles. The molecule has 186 valence electrons. The van der Waals surface area contributed by atoms with Crippen molar-refractivity contribution >= 4 is 28.4 Å². The summed E-state index contributed by atoms with van der Waals surface area (Å²) < 4.78 is 1.73. The fourth-order valence-electron chi connectivity index (χ4n) is 4.37. The highest BCUT2D eigenvalue weighted by molar-refractivity contribution is 6.30. The Kier molecular flexibility index (Phi) is 8.18. The SMILES string of the molecule is CCC(c1nc2ccccc2c(=O)n1Cc1ccccc1)N(CCN(C)C)C(=O)c1ccc(Cl)cc1. The third-order valence-electron chi connectivity index (χ3n) is 6.28. The van der Waals surface area contributed by atoms with Gasteiger partial charge in [0.25, 0.3) is 11.5 Å². The molecule has 1 atom stereocenters. The fourth-order valence-corrected chi connectivity index (χ4v) is 4.49. The van der Waals surface area contributed by atoms with Crippen LogP contribution in [0.5, 0.6) is 0 Å². The molecule has 0 radical (unpaired) electrons. The lowest BCUT2D eigenvalue weighted by molar-refractivity contribution is 0.0642. The highest BCUT2D eigenvalue weighted by Crippen LogP contribution is 2.26. The monoisotopic (exact) mass is 502 g/mol. The molecule has 6 nitrogen and oxygen atoms in total. The third-order valence-corrected chi connectivity index (χ3v) is 6.53. The first-order valence-electron chi connectivity index (χ1n) is 12.1. The first-order valence-corrected chi connectivity index (χ1v) is 12.5. The van der Waals surface area contributed by atoms with Crippen molar-refractivity contribution < 1.29 is 4.79 Å². The quantitative estimate of drug-likeness (QED) is 0.313. The molecular formula is C29H31ClN4O2. The Morgan fingerprint density at radius 2 is 1.61 bits per heavy atom. The van der Waals surface area contributed by atoms with Gasteiger partial charge in [-0.3, -0.25) is 14.2 Å². The Hall–Kier alpha value is -3.48. The lowest BCUT2D eigenvalue weighted by Gasteiger charge is -2.33. The van der Waals surface area contributed by atoms with Crippen molar-refractivity contribution in [3.05, 3.63) is 111 Å². The van der Waals surface area contributed by atoms with Crippen LogP contribution in [-0.4, -0.2) is 52.4 Å². The van der Waals surface area contributed by atoms with Gasteiger partial charge in [-0.15, -0.1) is 0 Å². The summed E-state index contributed by atoms with van der Waals surface area (Å²) in [6, 6.07) is 23.8. The lowest BCUT2D eigenvalue weighted by atomic mass is 10.1. The summed E-state index contributed by atoms with van der Waals surface area (Å²) in [5.41, 5.74) is 2.07. The number of para-hydroxylation sites is 1. The predicted molar refractivity (Wildman–Crippen MR) is 146 cm³/mol. The molecule has 0 bridgehead atoms. The van der Waals surface area contributed by atoms with Crippen molar-refractivity contribution in [3.8, 4) is 0 Å². The molecule has 1 unspecified atom stereocenters. The van der Waals surface area contributed by atoms with Gasteiger partial charge in [-0.25, -0.2) is 4.98 Å². The number of halogens is 1. The van der Waals surface area contributed by atoms with Crippen LogP contribution in [0.2, 0.25) is 5.02 Å². The summed E-state index contributed by atoms with van der Waals surface area (Å²) in [7, 11) is 3.96. The van der Waals surface area contributed by atoms with Gasteiger partial charge in [0.2, 0.25) is 0 Å². The Morgan fingerprint density at radius 1 is 0.944 bits per heavy atom. The lowest BCUT2D eigenvalue weighted by Crippen LogP contribution is -2.42. The molecule has 0 aliphatic rings. The standard InChI is InChI=1S/C29H31ClN4O2/c1-4-26(33(19-18-32(2)3)28(35)22-14-16-23(30)17-15-22)27-31-25-13-9-8-12-24(25)29(36)34(27)20-21-10-6-5-7-11-21/h5-17,26H,4,18-20H2,1-3H3. The first-order chi connectivity index (χ1) is 17.4. The van der Waals surface area contributed by atoms with Crippen molar-refractivity contribution in [1.82, 2.24) is 19.4 Å². The van der Waals surface area contributed by atoms with E-state index in [1.807, 2.05) is 79.3 Å². The second kappa shape index (κ2) is 11.5. The van der Waals surface area contributed by atoms with Gasteiger partial charge < -0.3 is 9.80 Å². The van der Waals surface area contributed by atoms with Gasteiger partial charge in [-0.1, -0.05) is 61.0 Å². The number of likely N-dealkylation sites (N-methyl/N-ethyl adjacent to an activating group) is 1. The summed E-state index contributed by atoms with van der Waals surface area (Å²) in [5.74, 6) is 0.472. The number of nitrogens with zero attached hydrogens (tertiary/aromatic N) is 4. The average molecular weight is 503 g/mol. The Bertz CT molecular complexity index is 1380. The van der Waals surface area contributed by atoms with E-state index in [0.29, 0.717) is 53.4 Å². The summed E-state index contributed by atoms with van der Waals surface area (Å²) in [6.07, 6.45) is 0.604. The normalized spacial score (nSPS) is 12.1. The highest BCUT2D eigenvalue weighted by atomic mass is 35.5. The summed E-state index contributed by atoms with van der Waals surface area (Å²) in [4.78, 5) is 36.4. The van der Waals surface area contributed by atoms with Crippen molar-refractivity contribution in [1.29, 1.82) is 0 Å². The van der Waals surface area contributed by atoms with Crippen molar-refractivity contribution in [2.45, 2.75) is 25.9 Å². The van der Waals surface area contributed by atoms with E-state index < -0.39 is 6.04 Å². The number of hydrogen-bond acceptors (Lipinski definition) is 4. The molecule has 4 aromatic rings. The molecule has 1 aromatic heterocycles. The zero-order valence-corrected chi connectivity index (χ0v) is 21.7. The molecule has 0 saturated heterocycles. The number of benzene rings is 3. The van der Waals surface area contributed by atoms with E-state index in [2.05, 4.69) is 0 Å². The van der Waals surface area contributed by atoms with Crippen LogP contribution in [0.1, 0.15) is 41.1 Å². The van der Waals surface area contributed by atoms with Crippen LogP contribution in [0, 0.1) is 0 Å². The summed E-state index contributed by atoms with van der Waals surface area (Å²) in [6.45, 7) is 3.56. The number of carbonyl (C=O) groups is 1. The second-order valence-corrected chi connectivity index (χ2v) is 9.53. The number of carbonyl (C=O) groups excluding carboxylic acids is 1. The number of hydrogen-bond donors (Lipinski definition) is 0. The minimum atomic E-state index is -0.394. The van der Waals surface area contributed by atoms with Gasteiger partial charge in [-0.2, -0.15) is 0 Å². The maximum atomic E-state index is 13.8. The van der Waals surface area contributed by atoms with E-state index in [1.165, 1.54) is 0 Å². The maximum Gasteiger partial charge on any atom is 0.261 e. The van der Waals surface area contributed by atoms with E-state index in [0.717, 1.165) is 5.56 Å². The van der Waals surface area contributed by atoms with Crippen LogP contribution >= 0.6 is 11.6 Å². The van der Waals surface area contributed by atoms with E-state index in [4.69, 9.17) is 16.6 Å². The topological polar surface area (TPSA) is 58.4 Å². The summed E-state index contributed by atoms with van der Waals surface area (Å²) >= 11 is 6.08. The Morgan fingerprint density at radius 3 is 2.28 bits per heavy atom. The van der Waals surface area contributed by atoms with E-state index >= 15 is 0 Å². The molecule has 0 N–H and O–H groups in total. The number of fused-ring (bicyclic) bond motifs is 1. The largest absolute Gasteiger partial charge is 0.327 e. The van der Waals surface area contributed by atoms with Crippen LogP contribution in [0.15, 0.2) is 83.7 Å². The molecule has 0 spiro atoms. The van der Waals surface area contributed by atoms with Gasteiger partial charge in [0.05, 0.1) is 23.5 Å². The smallest absolute Gasteiger partial charge is 0.261 e. The molecule has 4 rings (SSSR count). The van der Waals surface area contributed by atoms with E-state index in [-0.39, 0.29) is 11.5 Å². The maximum absolute atomic E-state index is 13.8. The minimum absolute atomic E-state index is 0.107. The molecule has 0 aliphatic heterocycles. The predicted octanol–water partition coefficient (Wildman–Crippen LogP) is 5.25. The fraction of sp³-hybridized carbons (Fsp3) is 0.276. The molecule has 3 aromatic carbocycles. The number of rotatable bonds is 9. The molecule has 36 heavy (non-hydrogen) atoms. The van der Waals surface area contributed by atoms with Gasteiger partial charge in [0, 0.05) is 23.7 Å². The van der Waals surface area contributed by atoms with Crippen molar-refractivity contribution in [3.63, 3.8) is 0 Å². The van der Waals surface area contributed by atoms with Gasteiger partial charge in [-0.05, 0) is 62.5 Å². The van der Waals surface area contributed by atoms with Crippen molar-refractivity contribution in [2.75, 3.05) is 27.2 Å². The number of aromatic nitrogens is 2. The minimum Gasteiger partial charge on any atom is -0.327 e.